The van der Waals surface area contributed by atoms with E-state index in [2.05, 4.69) is 16.0 Å². The average molecular weight is 380 g/mol. The molecule has 1 aliphatic rings. The molecule has 0 atom stereocenters. The number of anilines is 3. The van der Waals surface area contributed by atoms with Crippen LogP contribution < -0.4 is 20.9 Å². The number of fused-ring (bicyclic) bond motifs is 1. The molecule has 2 aromatic carbocycles. The lowest BCUT2D eigenvalue weighted by Gasteiger charge is -2.29. The monoisotopic (exact) mass is 380 g/mol. The summed E-state index contributed by atoms with van der Waals surface area (Å²) < 4.78 is 0. The molecule has 0 saturated heterocycles. The molecule has 3 rings (SSSR count). The first kappa shape index (κ1) is 19.4. The lowest BCUT2D eigenvalue weighted by molar-refractivity contribution is -0.116. The Labute approximate surface area is 164 Å². The van der Waals surface area contributed by atoms with Crippen molar-refractivity contribution in [1.82, 2.24) is 5.32 Å². The van der Waals surface area contributed by atoms with Crippen molar-refractivity contribution in [2.24, 2.45) is 0 Å². The Morgan fingerprint density at radius 3 is 2.71 bits per heavy atom. The molecular weight excluding hydrogens is 356 g/mol. The third-order valence-corrected chi connectivity index (χ3v) is 4.75. The molecule has 1 heterocycles. The molecule has 0 fully saturated rings. The zero-order chi connectivity index (χ0) is 20.1. The fourth-order valence-corrected chi connectivity index (χ4v) is 3.05. The number of nitrogens with one attached hydrogen (secondary N) is 3. The van der Waals surface area contributed by atoms with Gasteiger partial charge in [-0.15, -0.1) is 0 Å². The van der Waals surface area contributed by atoms with E-state index >= 15 is 0 Å². The molecule has 7 heteroatoms. The highest BCUT2D eigenvalue weighted by Crippen LogP contribution is 2.28. The van der Waals surface area contributed by atoms with E-state index < -0.39 is 0 Å². The summed E-state index contributed by atoms with van der Waals surface area (Å²) in [5, 5.41) is 8.43. The van der Waals surface area contributed by atoms with Crippen LogP contribution in [0.5, 0.6) is 0 Å². The number of urea groups is 1. The van der Waals surface area contributed by atoms with Gasteiger partial charge in [-0.05, 0) is 49.6 Å². The van der Waals surface area contributed by atoms with Crippen molar-refractivity contribution in [1.29, 1.82) is 0 Å². The molecule has 0 aromatic heterocycles. The van der Waals surface area contributed by atoms with Gasteiger partial charge in [0.15, 0.2) is 0 Å². The van der Waals surface area contributed by atoms with Gasteiger partial charge in [-0.2, -0.15) is 0 Å². The predicted octanol–water partition coefficient (Wildman–Crippen LogP) is 3.19. The van der Waals surface area contributed by atoms with Gasteiger partial charge >= 0.3 is 6.03 Å². The smallest absolute Gasteiger partial charge is 0.322 e. The van der Waals surface area contributed by atoms with Gasteiger partial charge in [-0.1, -0.05) is 24.3 Å². The highest BCUT2D eigenvalue weighted by atomic mass is 16.2. The standard InChI is InChI=1S/C21H24N4O3/c1-14-7-5-9-16(15(14)2)23-19(26)11-6-12-22-21(28)25-13-20(27)24-17-8-3-4-10-18(17)25/h3-5,7-10H,6,11-13H2,1-2H3,(H,22,28)(H,23,26)(H,24,27). The van der Waals surface area contributed by atoms with Crippen molar-refractivity contribution in [2.45, 2.75) is 26.7 Å². The van der Waals surface area contributed by atoms with Gasteiger partial charge < -0.3 is 16.0 Å². The summed E-state index contributed by atoms with van der Waals surface area (Å²) >= 11 is 0. The number of nitrogens with zero attached hydrogens (tertiary/aromatic N) is 1. The number of carbonyl (C=O) groups excluding carboxylic acids is 3. The molecule has 2 aromatic rings. The van der Waals surface area contributed by atoms with Crippen LogP contribution in [0, 0.1) is 13.8 Å². The quantitative estimate of drug-likeness (QED) is 0.696. The predicted molar refractivity (Wildman–Crippen MR) is 110 cm³/mol. The maximum absolute atomic E-state index is 12.5. The molecule has 0 bridgehead atoms. The number of benzene rings is 2. The first-order valence-electron chi connectivity index (χ1n) is 9.26. The van der Waals surface area contributed by atoms with Gasteiger partial charge in [-0.3, -0.25) is 14.5 Å². The molecule has 0 spiro atoms. The number of aryl methyl sites for hydroxylation is 1. The molecule has 1 aliphatic heterocycles. The van der Waals surface area contributed by atoms with E-state index in [4.69, 9.17) is 0 Å². The number of hydrogen-bond acceptors (Lipinski definition) is 3. The van der Waals surface area contributed by atoms with E-state index in [0.29, 0.717) is 30.8 Å². The molecule has 4 amide bonds. The minimum Gasteiger partial charge on any atom is -0.338 e. The van der Waals surface area contributed by atoms with Crippen LogP contribution >= 0.6 is 0 Å². The first-order chi connectivity index (χ1) is 13.5. The Balaban J connectivity index is 1.48. The zero-order valence-electron chi connectivity index (χ0n) is 16.0. The summed E-state index contributed by atoms with van der Waals surface area (Å²) in [6.45, 7) is 4.28. The zero-order valence-corrected chi connectivity index (χ0v) is 16.0. The molecule has 0 saturated carbocycles. The normalized spacial score (nSPS) is 12.8. The van der Waals surface area contributed by atoms with Crippen molar-refractivity contribution < 1.29 is 14.4 Å². The Morgan fingerprint density at radius 1 is 1.11 bits per heavy atom. The number of hydrogen-bond donors (Lipinski definition) is 3. The van der Waals surface area contributed by atoms with Gasteiger partial charge in [0.1, 0.15) is 6.54 Å². The van der Waals surface area contributed by atoms with Crippen LogP contribution in [-0.4, -0.2) is 30.9 Å². The Bertz CT molecular complexity index is 910. The summed E-state index contributed by atoms with van der Waals surface area (Å²) in [5.74, 6) is -0.326. The maximum atomic E-state index is 12.5. The van der Waals surface area contributed by atoms with Crippen LogP contribution in [0.4, 0.5) is 21.9 Å². The lowest BCUT2D eigenvalue weighted by atomic mass is 10.1. The summed E-state index contributed by atoms with van der Waals surface area (Å²) in [6, 6.07) is 12.6. The topological polar surface area (TPSA) is 90.5 Å². The average Bonchev–Trinajstić information content (AvgIpc) is 2.68. The summed E-state index contributed by atoms with van der Waals surface area (Å²) in [4.78, 5) is 37.8. The largest absolute Gasteiger partial charge is 0.338 e. The van der Waals surface area contributed by atoms with Crippen LogP contribution in [0.25, 0.3) is 0 Å². The van der Waals surface area contributed by atoms with E-state index in [0.717, 1.165) is 16.8 Å². The number of para-hydroxylation sites is 2. The Hall–Kier alpha value is -3.35. The number of carbonyl (C=O) groups is 3. The van der Waals surface area contributed by atoms with Crippen molar-refractivity contribution in [3.63, 3.8) is 0 Å². The SMILES string of the molecule is Cc1cccc(NC(=O)CCCNC(=O)N2CC(=O)Nc3ccccc32)c1C. The van der Waals surface area contributed by atoms with Crippen molar-refractivity contribution >= 4 is 34.9 Å². The third kappa shape index (κ3) is 4.49. The second-order valence-corrected chi connectivity index (χ2v) is 6.78. The van der Waals surface area contributed by atoms with E-state index in [1.54, 1.807) is 18.2 Å². The van der Waals surface area contributed by atoms with Gasteiger partial charge in [0.2, 0.25) is 11.8 Å². The molecule has 28 heavy (non-hydrogen) atoms. The minimum atomic E-state index is -0.350. The molecule has 0 unspecified atom stereocenters. The van der Waals surface area contributed by atoms with Gasteiger partial charge in [-0.25, -0.2) is 4.79 Å². The highest BCUT2D eigenvalue weighted by Gasteiger charge is 2.26. The van der Waals surface area contributed by atoms with Gasteiger partial charge in [0.05, 0.1) is 11.4 Å². The molecular formula is C21H24N4O3. The van der Waals surface area contributed by atoms with Gasteiger partial charge in [0.25, 0.3) is 0 Å². The molecule has 7 nitrogen and oxygen atoms in total. The lowest BCUT2D eigenvalue weighted by Crippen LogP contribution is -2.47. The van der Waals surface area contributed by atoms with Crippen molar-refractivity contribution in [3.8, 4) is 0 Å². The second-order valence-electron chi connectivity index (χ2n) is 6.78. The molecule has 0 aliphatic carbocycles. The van der Waals surface area contributed by atoms with Crippen molar-refractivity contribution in [2.75, 3.05) is 28.6 Å². The molecule has 3 N–H and O–H groups in total. The maximum Gasteiger partial charge on any atom is 0.322 e. The Kier molecular flexibility index (Phi) is 5.93. The highest BCUT2D eigenvalue weighted by molar-refractivity contribution is 6.09. The van der Waals surface area contributed by atoms with Crippen molar-refractivity contribution in [3.05, 3.63) is 53.6 Å². The Morgan fingerprint density at radius 2 is 1.89 bits per heavy atom. The van der Waals surface area contributed by atoms with E-state index in [1.165, 1.54) is 4.90 Å². The van der Waals surface area contributed by atoms with Crippen LogP contribution in [0.1, 0.15) is 24.0 Å². The van der Waals surface area contributed by atoms with Crippen LogP contribution in [0.2, 0.25) is 0 Å². The van der Waals surface area contributed by atoms with Crippen LogP contribution in [0.3, 0.4) is 0 Å². The fourth-order valence-electron chi connectivity index (χ4n) is 3.05. The number of amides is 4. The molecule has 0 radical (unpaired) electrons. The second kappa shape index (κ2) is 8.56. The summed E-state index contributed by atoms with van der Waals surface area (Å²) in [7, 11) is 0. The summed E-state index contributed by atoms with van der Waals surface area (Å²) in [5.41, 5.74) is 4.25. The first-order valence-corrected chi connectivity index (χ1v) is 9.26. The molecule has 146 valence electrons. The summed E-state index contributed by atoms with van der Waals surface area (Å²) in [6.07, 6.45) is 0.800. The van der Waals surface area contributed by atoms with Gasteiger partial charge in [0, 0.05) is 18.7 Å². The van der Waals surface area contributed by atoms with Crippen LogP contribution in [-0.2, 0) is 9.59 Å². The van der Waals surface area contributed by atoms with E-state index in [9.17, 15) is 14.4 Å². The number of rotatable bonds is 5. The fraction of sp³-hybridized carbons (Fsp3) is 0.286. The third-order valence-electron chi connectivity index (χ3n) is 4.75. The van der Waals surface area contributed by atoms with E-state index in [-0.39, 0.29) is 24.4 Å². The van der Waals surface area contributed by atoms with E-state index in [1.807, 2.05) is 38.1 Å². The minimum absolute atomic E-state index is 0.0318. The van der Waals surface area contributed by atoms with Crippen LogP contribution in [0.15, 0.2) is 42.5 Å².